The lowest BCUT2D eigenvalue weighted by molar-refractivity contribution is -0.123. The Bertz CT molecular complexity index is 1180. The van der Waals surface area contributed by atoms with Crippen molar-refractivity contribution in [1.82, 2.24) is 0 Å². The Labute approximate surface area is 202 Å². The van der Waals surface area contributed by atoms with E-state index in [1.54, 1.807) is 43.3 Å². The highest BCUT2D eigenvalue weighted by molar-refractivity contribution is 6.31. The molecule has 0 saturated heterocycles. The van der Waals surface area contributed by atoms with Crippen LogP contribution in [0.25, 0.3) is 0 Å². The van der Waals surface area contributed by atoms with E-state index in [9.17, 15) is 14.7 Å². The number of phenolic OH excluding ortho intramolecular Hbond substituents is 1. The number of ether oxygens (including phenoxy) is 1. The van der Waals surface area contributed by atoms with E-state index >= 15 is 0 Å². The van der Waals surface area contributed by atoms with Crippen LogP contribution >= 0.6 is 11.6 Å². The number of ketones is 1. The number of carbonyl (C=O) groups is 3. The number of aryl methyl sites for hydroxylation is 1. The molecule has 34 heavy (non-hydrogen) atoms. The molecule has 0 aliphatic rings. The molecule has 1 amide bonds. The summed E-state index contributed by atoms with van der Waals surface area (Å²) in [5.41, 5.74) is 7.69. The standard InChI is InChI=1S/C25H24ClNO4.CH2O2/c1-3-5-17-12-18(24(29)21-10-9-19(26)14-22(21)28)8-11-23(17)31-20-7-4-6-16(13-20)15(2)25(27)30;2-1-3/h4,6-15,28H,3,5H2,1-2H3,(H2,27,30);1H,(H,2,3). The van der Waals surface area contributed by atoms with E-state index in [1.807, 2.05) is 19.1 Å². The van der Waals surface area contributed by atoms with Gasteiger partial charge in [0, 0.05) is 10.6 Å². The van der Waals surface area contributed by atoms with Crippen molar-refractivity contribution in [2.75, 3.05) is 0 Å². The quantitative estimate of drug-likeness (QED) is 0.294. The maximum Gasteiger partial charge on any atom is 0.290 e. The minimum Gasteiger partial charge on any atom is -0.507 e. The second-order valence-electron chi connectivity index (χ2n) is 7.47. The Morgan fingerprint density at radius 1 is 1.12 bits per heavy atom. The van der Waals surface area contributed by atoms with Crippen LogP contribution in [0.3, 0.4) is 0 Å². The normalized spacial score (nSPS) is 11.0. The number of carboxylic acid groups (broad SMARTS) is 1. The third-order valence-corrected chi connectivity index (χ3v) is 5.29. The van der Waals surface area contributed by atoms with E-state index in [2.05, 4.69) is 0 Å². The summed E-state index contributed by atoms with van der Waals surface area (Å²) in [6, 6.07) is 16.9. The largest absolute Gasteiger partial charge is 0.507 e. The third kappa shape index (κ3) is 6.83. The smallest absolute Gasteiger partial charge is 0.290 e. The molecule has 0 aliphatic carbocycles. The van der Waals surface area contributed by atoms with Crippen molar-refractivity contribution in [3.8, 4) is 17.2 Å². The average molecular weight is 484 g/mol. The van der Waals surface area contributed by atoms with Crippen LogP contribution in [0.2, 0.25) is 5.02 Å². The molecule has 0 aliphatic heterocycles. The molecule has 3 aromatic carbocycles. The molecule has 1 unspecified atom stereocenters. The van der Waals surface area contributed by atoms with Gasteiger partial charge in [0.05, 0.1) is 11.5 Å². The van der Waals surface area contributed by atoms with Crippen molar-refractivity contribution >= 4 is 29.8 Å². The predicted octanol–water partition coefficient (Wildman–Crippen LogP) is 5.31. The van der Waals surface area contributed by atoms with Crippen molar-refractivity contribution in [2.45, 2.75) is 32.6 Å². The van der Waals surface area contributed by atoms with Gasteiger partial charge < -0.3 is 20.7 Å². The van der Waals surface area contributed by atoms with Crippen LogP contribution in [-0.4, -0.2) is 28.4 Å². The number of aromatic hydroxyl groups is 1. The second-order valence-corrected chi connectivity index (χ2v) is 7.90. The van der Waals surface area contributed by atoms with Crippen LogP contribution in [0.1, 0.15) is 53.2 Å². The molecule has 0 radical (unpaired) electrons. The lowest BCUT2D eigenvalue weighted by Crippen LogP contribution is -2.18. The molecule has 3 aromatic rings. The molecule has 7 nitrogen and oxygen atoms in total. The first-order valence-electron chi connectivity index (χ1n) is 10.5. The number of amides is 1. The number of primary amides is 1. The molecule has 0 saturated carbocycles. The monoisotopic (exact) mass is 483 g/mol. The molecule has 8 heteroatoms. The summed E-state index contributed by atoms with van der Waals surface area (Å²) in [4.78, 5) is 32.8. The number of phenols is 1. The highest BCUT2D eigenvalue weighted by Gasteiger charge is 2.17. The molecule has 0 heterocycles. The van der Waals surface area contributed by atoms with Gasteiger partial charge in [0.1, 0.15) is 17.2 Å². The Balaban J connectivity index is 0.00000129. The number of nitrogens with two attached hydrogens (primary N) is 1. The van der Waals surface area contributed by atoms with Crippen LogP contribution in [0, 0.1) is 0 Å². The molecule has 0 bridgehead atoms. The highest BCUT2D eigenvalue weighted by Crippen LogP contribution is 2.31. The van der Waals surface area contributed by atoms with Crippen molar-refractivity contribution in [2.24, 2.45) is 5.73 Å². The van der Waals surface area contributed by atoms with Crippen molar-refractivity contribution in [3.05, 3.63) is 87.9 Å². The van der Waals surface area contributed by atoms with E-state index in [1.165, 1.54) is 12.1 Å². The molecular formula is C26H26ClNO6. The van der Waals surface area contributed by atoms with Crippen molar-refractivity contribution in [1.29, 1.82) is 0 Å². The molecular weight excluding hydrogens is 458 g/mol. The molecule has 3 rings (SSSR count). The fourth-order valence-electron chi connectivity index (χ4n) is 3.28. The maximum atomic E-state index is 12.9. The number of rotatable bonds is 8. The number of benzene rings is 3. The van der Waals surface area contributed by atoms with Gasteiger partial charge in [0.15, 0.2) is 5.78 Å². The Hall–Kier alpha value is -3.84. The van der Waals surface area contributed by atoms with Crippen LogP contribution in [-0.2, 0) is 16.0 Å². The summed E-state index contributed by atoms with van der Waals surface area (Å²) in [5.74, 6) is -0.0755. The fraction of sp³-hybridized carbons (Fsp3) is 0.192. The van der Waals surface area contributed by atoms with Gasteiger partial charge >= 0.3 is 0 Å². The zero-order valence-electron chi connectivity index (χ0n) is 18.8. The highest BCUT2D eigenvalue weighted by atomic mass is 35.5. The van der Waals surface area contributed by atoms with Gasteiger partial charge in [-0.05, 0) is 73.0 Å². The van der Waals surface area contributed by atoms with Gasteiger partial charge in [-0.1, -0.05) is 37.1 Å². The minimum absolute atomic E-state index is 0.157. The Morgan fingerprint density at radius 3 is 2.44 bits per heavy atom. The summed E-state index contributed by atoms with van der Waals surface area (Å²) in [6.45, 7) is 3.54. The van der Waals surface area contributed by atoms with Crippen LogP contribution < -0.4 is 10.5 Å². The molecule has 178 valence electrons. The Kier molecular flexibility index (Phi) is 9.64. The van der Waals surface area contributed by atoms with Gasteiger partial charge in [-0.15, -0.1) is 0 Å². The summed E-state index contributed by atoms with van der Waals surface area (Å²) in [6.07, 6.45) is 1.57. The van der Waals surface area contributed by atoms with Crippen LogP contribution in [0.4, 0.5) is 0 Å². The zero-order valence-corrected chi connectivity index (χ0v) is 19.6. The number of halogens is 1. The SMILES string of the molecule is CCCc1cc(C(=O)c2ccc(Cl)cc2O)ccc1Oc1cccc(C(C)C(N)=O)c1.O=CO. The maximum absolute atomic E-state index is 12.9. The van der Waals surface area contributed by atoms with E-state index in [0.29, 0.717) is 28.5 Å². The number of hydrogen-bond acceptors (Lipinski definition) is 5. The van der Waals surface area contributed by atoms with E-state index in [4.69, 9.17) is 32.0 Å². The topological polar surface area (TPSA) is 127 Å². The van der Waals surface area contributed by atoms with E-state index in [-0.39, 0.29) is 23.6 Å². The molecule has 1 atom stereocenters. The number of hydrogen-bond donors (Lipinski definition) is 3. The van der Waals surface area contributed by atoms with Gasteiger partial charge in [-0.3, -0.25) is 14.4 Å². The molecule has 4 N–H and O–H groups in total. The molecule has 0 fully saturated rings. The second kappa shape index (κ2) is 12.4. The first-order chi connectivity index (χ1) is 16.2. The molecule has 0 spiro atoms. The first-order valence-corrected chi connectivity index (χ1v) is 10.9. The fourth-order valence-corrected chi connectivity index (χ4v) is 3.44. The van der Waals surface area contributed by atoms with Gasteiger partial charge in [-0.2, -0.15) is 0 Å². The predicted molar refractivity (Wildman–Crippen MR) is 130 cm³/mol. The minimum atomic E-state index is -0.425. The van der Waals surface area contributed by atoms with Gasteiger partial charge in [-0.25, -0.2) is 0 Å². The summed E-state index contributed by atoms with van der Waals surface area (Å²) < 4.78 is 6.08. The Morgan fingerprint density at radius 2 is 1.82 bits per heavy atom. The zero-order chi connectivity index (χ0) is 25.3. The summed E-state index contributed by atoms with van der Waals surface area (Å²) >= 11 is 5.87. The lowest BCUT2D eigenvalue weighted by atomic mass is 9.98. The lowest BCUT2D eigenvalue weighted by Gasteiger charge is -2.14. The van der Waals surface area contributed by atoms with Crippen LogP contribution in [0.15, 0.2) is 60.7 Å². The van der Waals surface area contributed by atoms with Gasteiger partial charge in [0.25, 0.3) is 6.47 Å². The third-order valence-electron chi connectivity index (χ3n) is 5.06. The average Bonchev–Trinajstić information content (AvgIpc) is 2.80. The number of carbonyl (C=O) groups excluding carboxylic acids is 2. The van der Waals surface area contributed by atoms with E-state index < -0.39 is 11.8 Å². The first kappa shape index (κ1) is 26.4. The van der Waals surface area contributed by atoms with Crippen molar-refractivity contribution < 1.29 is 29.3 Å². The van der Waals surface area contributed by atoms with Crippen LogP contribution in [0.5, 0.6) is 17.2 Å². The molecule has 0 aromatic heterocycles. The summed E-state index contributed by atoms with van der Waals surface area (Å²) in [7, 11) is 0. The van der Waals surface area contributed by atoms with Crippen molar-refractivity contribution in [3.63, 3.8) is 0 Å². The summed E-state index contributed by atoms with van der Waals surface area (Å²) in [5, 5.41) is 17.3. The van der Waals surface area contributed by atoms with E-state index in [0.717, 1.165) is 17.5 Å². The van der Waals surface area contributed by atoms with Gasteiger partial charge in [0.2, 0.25) is 5.91 Å².